The smallest absolute Gasteiger partial charge is 0.306 e. The topological polar surface area (TPSA) is 37.3 Å². The van der Waals surface area contributed by atoms with Gasteiger partial charge in [-0.3, -0.25) is 4.79 Å². The molecule has 0 unspecified atom stereocenters. The second-order valence-corrected chi connectivity index (χ2v) is 5.83. The van der Waals surface area contributed by atoms with Gasteiger partial charge in [0.15, 0.2) is 0 Å². The van der Waals surface area contributed by atoms with E-state index in [1.54, 1.807) is 0 Å². The average molecular weight is 242 g/mol. The molecule has 0 radical (unpaired) electrons. The first kappa shape index (κ1) is 16.5. The highest BCUT2D eigenvalue weighted by molar-refractivity contribution is 5.69. The Hall–Kier alpha value is -0.530. The summed E-state index contributed by atoms with van der Waals surface area (Å²) in [6.45, 7) is 8.98. The summed E-state index contributed by atoms with van der Waals surface area (Å²) in [5, 5.41) is 8.62. The molecule has 0 heterocycles. The zero-order chi connectivity index (χ0) is 13.3. The first-order valence-electron chi connectivity index (χ1n) is 7.20. The first-order valence-corrected chi connectivity index (χ1v) is 7.20. The van der Waals surface area contributed by atoms with Gasteiger partial charge in [-0.25, -0.2) is 0 Å². The third kappa shape index (κ3) is 9.20. The largest absolute Gasteiger partial charge is 0.481 e. The second kappa shape index (κ2) is 9.49. The standard InChI is InChI=1S/C8H14O2.C7H16/c1-6-2-4-7(5-3-6)8(9)10;1-4-5-6-7(2)3/h6-7H,2-5H2,1H3,(H,9,10);7H,4-6H2,1-3H3. The number of carboxylic acid groups (broad SMARTS) is 1. The third-order valence-corrected chi connectivity index (χ3v) is 3.50. The first-order chi connectivity index (χ1) is 7.97. The summed E-state index contributed by atoms with van der Waals surface area (Å²) in [7, 11) is 0. The molecule has 0 aromatic rings. The van der Waals surface area contributed by atoms with Gasteiger partial charge in [0.2, 0.25) is 0 Å². The van der Waals surface area contributed by atoms with Crippen LogP contribution in [0.15, 0.2) is 0 Å². The van der Waals surface area contributed by atoms with Gasteiger partial charge in [-0.2, -0.15) is 0 Å². The van der Waals surface area contributed by atoms with E-state index in [1.165, 1.54) is 19.3 Å². The molecule has 0 aromatic heterocycles. The number of carboxylic acids is 1. The number of aliphatic carboxylic acids is 1. The van der Waals surface area contributed by atoms with E-state index in [1.807, 2.05) is 0 Å². The van der Waals surface area contributed by atoms with Crippen molar-refractivity contribution in [2.75, 3.05) is 0 Å². The van der Waals surface area contributed by atoms with Gasteiger partial charge >= 0.3 is 5.97 Å². The minimum absolute atomic E-state index is 0.0452. The zero-order valence-electron chi connectivity index (χ0n) is 12.0. The Morgan fingerprint density at radius 3 is 2.06 bits per heavy atom. The fourth-order valence-corrected chi connectivity index (χ4v) is 2.12. The Balaban J connectivity index is 0.000000325. The van der Waals surface area contributed by atoms with Crippen LogP contribution in [0.4, 0.5) is 0 Å². The molecule has 0 saturated heterocycles. The van der Waals surface area contributed by atoms with Crippen molar-refractivity contribution in [3.05, 3.63) is 0 Å². The molecular weight excluding hydrogens is 212 g/mol. The van der Waals surface area contributed by atoms with E-state index in [2.05, 4.69) is 27.7 Å². The normalized spacial score (nSPS) is 24.1. The highest BCUT2D eigenvalue weighted by Crippen LogP contribution is 2.27. The molecule has 1 aliphatic rings. The van der Waals surface area contributed by atoms with Crippen LogP contribution in [0.2, 0.25) is 0 Å². The van der Waals surface area contributed by atoms with Gasteiger partial charge in [0.1, 0.15) is 0 Å². The predicted molar refractivity (Wildman–Crippen MR) is 73.1 cm³/mol. The summed E-state index contributed by atoms with van der Waals surface area (Å²) in [5.41, 5.74) is 0. The lowest BCUT2D eigenvalue weighted by molar-refractivity contribution is -0.143. The number of hydrogen-bond donors (Lipinski definition) is 1. The molecule has 0 aromatic carbocycles. The second-order valence-electron chi connectivity index (χ2n) is 5.83. The molecule has 102 valence electrons. The Kier molecular flexibility index (Phi) is 9.20. The lowest BCUT2D eigenvalue weighted by atomic mass is 9.83. The van der Waals surface area contributed by atoms with Crippen molar-refractivity contribution in [2.45, 2.75) is 72.6 Å². The highest BCUT2D eigenvalue weighted by Gasteiger charge is 2.23. The number of carbonyl (C=O) groups is 1. The van der Waals surface area contributed by atoms with E-state index in [4.69, 9.17) is 5.11 Å². The summed E-state index contributed by atoms with van der Waals surface area (Å²) in [4.78, 5) is 10.5. The molecule has 2 heteroatoms. The monoisotopic (exact) mass is 242 g/mol. The minimum Gasteiger partial charge on any atom is -0.481 e. The van der Waals surface area contributed by atoms with E-state index in [0.717, 1.165) is 37.5 Å². The van der Waals surface area contributed by atoms with Crippen LogP contribution < -0.4 is 0 Å². The summed E-state index contributed by atoms with van der Waals surface area (Å²) >= 11 is 0. The number of unbranched alkanes of at least 4 members (excludes halogenated alkanes) is 1. The van der Waals surface area contributed by atoms with Crippen LogP contribution in [0, 0.1) is 17.8 Å². The van der Waals surface area contributed by atoms with Gasteiger partial charge in [-0.05, 0) is 37.5 Å². The fourth-order valence-electron chi connectivity index (χ4n) is 2.12. The Labute approximate surface area is 107 Å². The van der Waals surface area contributed by atoms with Crippen LogP contribution in [-0.2, 0) is 4.79 Å². The fraction of sp³-hybridized carbons (Fsp3) is 0.933. The Morgan fingerprint density at radius 1 is 1.24 bits per heavy atom. The molecular formula is C15H30O2. The van der Waals surface area contributed by atoms with Crippen LogP contribution in [0.3, 0.4) is 0 Å². The van der Waals surface area contributed by atoms with Gasteiger partial charge in [0, 0.05) is 0 Å². The maximum Gasteiger partial charge on any atom is 0.306 e. The Morgan fingerprint density at radius 2 is 1.76 bits per heavy atom. The third-order valence-electron chi connectivity index (χ3n) is 3.50. The average Bonchev–Trinajstić information content (AvgIpc) is 2.27. The zero-order valence-corrected chi connectivity index (χ0v) is 12.0. The van der Waals surface area contributed by atoms with Gasteiger partial charge in [0.25, 0.3) is 0 Å². The molecule has 1 rings (SSSR count). The molecule has 1 fully saturated rings. The lowest BCUT2D eigenvalue weighted by Crippen LogP contribution is -2.19. The molecule has 0 amide bonds. The molecule has 0 bridgehead atoms. The minimum atomic E-state index is -0.605. The predicted octanol–water partition coefficient (Wildman–Crippen LogP) is 4.73. The van der Waals surface area contributed by atoms with Gasteiger partial charge in [-0.15, -0.1) is 0 Å². The van der Waals surface area contributed by atoms with Crippen molar-refractivity contribution in [2.24, 2.45) is 17.8 Å². The molecule has 0 spiro atoms. The highest BCUT2D eigenvalue weighted by atomic mass is 16.4. The van der Waals surface area contributed by atoms with Crippen molar-refractivity contribution in [3.8, 4) is 0 Å². The van der Waals surface area contributed by atoms with E-state index >= 15 is 0 Å². The van der Waals surface area contributed by atoms with Crippen molar-refractivity contribution in [1.82, 2.24) is 0 Å². The van der Waals surface area contributed by atoms with Crippen molar-refractivity contribution >= 4 is 5.97 Å². The number of hydrogen-bond acceptors (Lipinski definition) is 1. The lowest BCUT2D eigenvalue weighted by Gasteiger charge is -2.22. The molecule has 2 nitrogen and oxygen atoms in total. The Bertz CT molecular complexity index is 191. The summed E-state index contributed by atoms with van der Waals surface area (Å²) in [6.07, 6.45) is 8.10. The molecule has 17 heavy (non-hydrogen) atoms. The molecule has 1 N–H and O–H groups in total. The van der Waals surface area contributed by atoms with E-state index in [-0.39, 0.29) is 5.92 Å². The molecule has 1 aliphatic carbocycles. The van der Waals surface area contributed by atoms with Crippen LogP contribution in [0.5, 0.6) is 0 Å². The maximum absolute atomic E-state index is 10.5. The van der Waals surface area contributed by atoms with E-state index in [9.17, 15) is 4.79 Å². The molecule has 0 atom stereocenters. The van der Waals surface area contributed by atoms with Crippen LogP contribution >= 0.6 is 0 Å². The van der Waals surface area contributed by atoms with Crippen LogP contribution in [0.1, 0.15) is 72.6 Å². The van der Waals surface area contributed by atoms with Crippen molar-refractivity contribution < 1.29 is 9.90 Å². The quantitative estimate of drug-likeness (QED) is 0.773. The van der Waals surface area contributed by atoms with Gasteiger partial charge < -0.3 is 5.11 Å². The SMILES string of the molecule is CC1CCC(C(=O)O)CC1.CCCCC(C)C. The van der Waals surface area contributed by atoms with Crippen molar-refractivity contribution in [3.63, 3.8) is 0 Å². The molecule has 1 saturated carbocycles. The summed E-state index contributed by atoms with van der Waals surface area (Å²) in [5.74, 6) is 0.999. The summed E-state index contributed by atoms with van der Waals surface area (Å²) < 4.78 is 0. The van der Waals surface area contributed by atoms with Gasteiger partial charge in [0.05, 0.1) is 5.92 Å². The molecule has 0 aliphatic heterocycles. The number of rotatable bonds is 4. The van der Waals surface area contributed by atoms with Gasteiger partial charge in [-0.1, -0.05) is 47.0 Å². The maximum atomic E-state index is 10.5. The van der Waals surface area contributed by atoms with Crippen LogP contribution in [0.25, 0.3) is 0 Å². The van der Waals surface area contributed by atoms with Crippen LogP contribution in [-0.4, -0.2) is 11.1 Å². The van der Waals surface area contributed by atoms with E-state index in [0.29, 0.717) is 0 Å². The van der Waals surface area contributed by atoms with E-state index < -0.39 is 5.97 Å². The summed E-state index contributed by atoms with van der Waals surface area (Å²) in [6, 6.07) is 0. The van der Waals surface area contributed by atoms with Crippen molar-refractivity contribution in [1.29, 1.82) is 0 Å².